The van der Waals surface area contributed by atoms with Crippen LogP contribution in [0.25, 0.3) is 0 Å². The number of nitrogen functional groups attached to an aromatic ring is 1. The second-order valence-electron chi connectivity index (χ2n) is 4.95. The SMILES string of the molecule is CCCN(C(=O)c1cc(N)cc(OCC)c1)C1CC1. The fourth-order valence-corrected chi connectivity index (χ4v) is 2.24. The van der Waals surface area contributed by atoms with Gasteiger partial charge in [0.15, 0.2) is 0 Å². The van der Waals surface area contributed by atoms with Crippen molar-refractivity contribution in [2.24, 2.45) is 0 Å². The average Bonchev–Trinajstić information content (AvgIpc) is 3.19. The Kier molecular flexibility index (Phi) is 4.30. The summed E-state index contributed by atoms with van der Waals surface area (Å²) in [5.74, 6) is 0.732. The molecule has 0 radical (unpaired) electrons. The Morgan fingerprint density at radius 3 is 2.68 bits per heavy atom. The Labute approximate surface area is 114 Å². The molecule has 2 N–H and O–H groups in total. The topological polar surface area (TPSA) is 55.6 Å². The molecule has 0 aliphatic heterocycles. The largest absolute Gasteiger partial charge is 0.494 e. The van der Waals surface area contributed by atoms with Crippen molar-refractivity contribution < 1.29 is 9.53 Å². The van der Waals surface area contributed by atoms with Crippen molar-refractivity contribution in [3.05, 3.63) is 23.8 Å². The Morgan fingerprint density at radius 1 is 1.37 bits per heavy atom. The van der Waals surface area contributed by atoms with Gasteiger partial charge in [-0.3, -0.25) is 4.79 Å². The smallest absolute Gasteiger partial charge is 0.254 e. The van der Waals surface area contributed by atoms with Crippen molar-refractivity contribution in [1.82, 2.24) is 4.90 Å². The molecular formula is C15H22N2O2. The standard InChI is InChI=1S/C15H22N2O2/c1-3-7-17(13-5-6-13)15(18)11-8-12(16)10-14(9-11)19-4-2/h8-10,13H,3-7,16H2,1-2H3. The number of rotatable bonds is 6. The van der Waals surface area contributed by atoms with Crippen LogP contribution >= 0.6 is 0 Å². The molecule has 0 bridgehead atoms. The van der Waals surface area contributed by atoms with E-state index in [1.54, 1.807) is 18.2 Å². The number of carbonyl (C=O) groups excluding carboxylic acids is 1. The molecule has 1 saturated carbocycles. The minimum atomic E-state index is 0.0672. The summed E-state index contributed by atoms with van der Waals surface area (Å²) in [5.41, 5.74) is 7.04. The zero-order chi connectivity index (χ0) is 13.8. The molecule has 104 valence electrons. The molecule has 1 amide bonds. The molecule has 0 atom stereocenters. The zero-order valence-corrected chi connectivity index (χ0v) is 11.7. The molecule has 1 fully saturated rings. The Balaban J connectivity index is 2.21. The van der Waals surface area contributed by atoms with E-state index >= 15 is 0 Å². The first-order valence-corrected chi connectivity index (χ1v) is 7.00. The van der Waals surface area contributed by atoms with Crippen LogP contribution in [0, 0.1) is 0 Å². The lowest BCUT2D eigenvalue weighted by atomic mass is 10.1. The highest BCUT2D eigenvalue weighted by molar-refractivity contribution is 5.96. The zero-order valence-electron chi connectivity index (χ0n) is 11.7. The van der Waals surface area contributed by atoms with Gasteiger partial charge in [0.25, 0.3) is 5.91 Å². The van der Waals surface area contributed by atoms with E-state index < -0.39 is 0 Å². The van der Waals surface area contributed by atoms with Gasteiger partial charge in [0.1, 0.15) is 5.75 Å². The molecule has 0 spiro atoms. The summed E-state index contributed by atoms with van der Waals surface area (Å²) in [6.07, 6.45) is 3.21. The summed E-state index contributed by atoms with van der Waals surface area (Å²) in [6, 6.07) is 5.69. The summed E-state index contributed by atoms with van der Waals surface area (Å²) < 4.78 is 5.44. The fraction of sp³-hybridized carbons (Fsp3) is 0.533. The Morgan fingerprint density at radius 2 is 2.11 bits per heavy atom. The molecule has 1 aromatic carbocycles. The Hall–Kier alpha value is -1.71. The van der Waals surface area contributed by atoms with Gasteiger partial charge >= 0.3 is 0 Å². The second-order valence-corrected chi connectivity index (χ2v) is 4.95. The van der Waals surface area contributed by atoms with Crippen LogP contribution < -0.4 is 10.5 Å². The Bertz CT molecular complexity index is 455. The summed E-state index contributed by atoms with van der Waals surface area (Å²) >= 11 is 0. The van der Waals surface area contributed by atoms with Gasteiger partial charge in [0, 0.05) is 29.9 Å². The van der Waals surface area contributed by atoms with Crippen LogP contribution in [0.15, 0.2) is 18.2 Å². The van der Waals surface area contributed by atoms with Crippen molar-refractivity contribution in [1.29, 1.82) is 0 Å². The number of nitrogens with zero attached hydrogens (tertiary/aromatic N) is 1. The van der Waals surface area contributed by atoms with Gasteiger partial charge in [-0.1, -0.05) is 6.92 Å². The molecule has 1 aliphatic rings. The van der Waals surface area contributed by atoms with Crippen LogP contribution in [-0.4, -0.2) is 30.0 Å². The van der Waals surface area contributed by atoms with E-state index in [-0.39, 0.29) is 5.91 Å². The van der Waals surface area contributed by atoms with Crippen molar-refractivity contribution in [3.63, 3.8) is 0 Å². The number of ether oxygens (including phenoxy) is 1. The van der Waals surface area contributed by atoms with E-state index in [9.17, 15) is 4.79 Å². The van der Waals surface area contributed by atoms with Crippen LogP contribution in [0.2, 0.25) is 0 Å². The maximum atomic E-state index is 12.5. The van der Waals surface area contributed by atoms with E-state index in [0.29, 0.717) is 29.6 Å². The van der Waals surface area contributed by atoms with Crippen LogP contribution in [0.3, 0.4) is 0 Å². The maximum absolute atomic E-state index is 12.5. The third kappa shape index (κ3) is 3.40. The van der Waals surface area contributed by atoms with Gasteiger partial charge in [0.2, 0.25) is 0 Å². The molecule has 1 aliphatic carbocycles. The molecule has 0 saturated heterocycles. The first-order chi connectivity index (χ1) is 9.15. The maximum Gasteiger partial charge on any atom is 0.254 e. The summed E-state index contributed by atoms with van der Waals surface area (Å²) in [5, 5.41) is 0. The van der Waals surface area contributed by atoms with Gasteiger partial charge in [-0.25, -0.2) is 0 Å². The van der Waals surface area contributed by atoms with Crippen molar-refractivity contribution >= 4 is 11.6 Å². The molecule has 0 heterocycles. The molecular weight excluding hydrogens is 240 g/mol. The highest BCUT2D eigenvalue weighted by Gasteiger charge is 2.32. The average molecular weight is 262 g/mol. The monoisotopic (exact) mass is 262 g/mol. The first-order valence-electron chi connectivity index (χ1n) is 7.00. The second kappa shape index (κ2) is 5.95. The van der Waals surface area contributed by atoms with Gasteiger partial charge in [-0.15, -0.1) is 0 Å². The van der Waals surface area contributed by atoms with Gasteiger partial charge in [0.05, 0.1) is 6.61 Å². The lowest BCUT2D eigenvalue weighted by Gasteiger charge is -2.22. The molecule has 19 heavy (non-hydrogen) atoms. The number of nitrogens with two attached hydrogens (primary N) is 1. The molecule has 4 heteroatoms. The molecule has 2 rings (SSSR count). The highest BCUT2D eigenvalue weighted by Crippen LogP contribution is 2.29. The number of amides is 1. The number of carbonyl (C=O) groups is 1. The molecule has 4 nitrogen and oxygen atoms in total. The number of benzene rings is 1. The summed E-state index contributed by atoms with van der Waals surface area (Å²) in [6.45, 7) is 5.38. The van der Waals surface area contributed by atoms with Gasteiger partial charge < -0.3 is 15.4 Å². The predicted octanol–water partition coefficient (Wildman–Crippen LogP) is 2.68. The third-order valence-electron chi connectivity index (χ3n) is 3.20. The van der Waals surface area contributed by atoms with E-state index in [1.807, 2.05) is 11.8 Å². The third-order valence-corrected chi connectivity index (χ3v) is 3.20. The lowest BCUT2D eigenvalue weighted by Crippen LogP contribution is -2.33. The van der Waals surface area contributed by atoms with Crippen LogP contribution in [0.4, 0.5) is 5.69 Å². The lowest BCUT2D eigenvalue weighted by molar-refractivity contribution is 0.0742. The summed E-state index contributed by atoms with van der Waals surface area (Å²) in [7, 11) is 0. The normalized spacial score (nSPS) is 14.2. The van der Waals surface area contributed by atoms with E-state index in [0.717, 1.165) is 25.8 Å². The number of hydrogen-bond donors (Lipinski definition) is 1. The minimum Gasteiger partial charge on any atom is -0.494 e. The molecule has 1 aromatic rings. The minimum absolute atomic E-state index is 0.0672. The van der Waals surface area contributed by atoms with E-state index in [1.165, 1.54) is 0 Å². The summed E-state index contributed by atoms with van der Waals surface area (Å²) in [4.78, 5) is 14.5. The predicted molar refractivity (Wildman–Crippen MR) is 76.4 cm³/mol. The molecule has 0 aromatic heterocycles. The van der Waals surface area contributed by atoms with Crippen LogP contribution in [0.5, 0.6) is 5.75 Å². The van der Waals surface area contributed by atoms with E-state index in [2.05, 4.69) is 6.92 Å². The number of hydrogen-bond acceptors (Lipinski definition) is 3. The van der Waals surface area contributed by atoms with Crippen LogP contribution in [0.1, 0.15) is 43.5 Å². The quantitative estimate of drug-likeness (QED) is 0.802. The molecule has 0 unspecified atom stereocenters. The fourth-order valence-electron chi connectivity index (χ4n) is 2.24. The first kappa shape index (κ1) is 13.7. The van der Waals surface area contributed by atoms with Crippen molar-refractivity contribution in [2.45, 2.75) is 39.2 Å². The van der Waals surface area contributed by atoms with E-state index in [4.69, 9.17) is 10.5 Å². The van der Waals surface area contributed by atoms with Gasteiger partial charge in [-0.2, -0.15) is 0 Å². The van der Waals surface area contributed by atoms with Crippen molar-refractivity contribution in [3.8, 4) is 5.75 Å². The highest BCUT2D eigenvalue weighted by atomic mass is 16.5. The van der Waals surface area contributed by atoms with Crippen molar-refractivity contribution in [2.75, 3.05) is 18.9 Å². The van der Waals surface area contributed by atoms with Gasteiger partial charge in [-0.05, 0) is 38.3 Å². The number of anilines is 1. The van der Waals surface area contributed by atoms with Crippen LogP contribution in [-0.2, 0) is 0 Å².